The zero-order valence-corrected chi connectivity index (χ0v) is 8.65. The Morgan fingerprint density at radius 2 is 2.14 bits per heavy atom. The molecule has 1 rings (SSSR count). The van der Waals surface area contributed by atoms with Crippen LogP contribution < -0.4 is 0 Å². The molecule has 0 aliphatic carbocycles. The summed E-state index contributed by atoms with van der Waals surface area (Å²) in [6, 6.07) is -0.0748. The van der Waals surface area contributed by atoms with E-state index in [0.717, 1.165) is 6.20 Å². The van der Waals surface area contributed by atoms with Crippen LogP contribution in [0.3, 0.4) is 0 Å². The first-order valence-corrected chi connectivity index (χ1v) is 4.44. The molecule has 0 radical (unpaired) electrons. The van der Waals surface area contributed by atoms with Crippen LogP contribution in [0.25, 0.3) is 0 Å². The zero-order valence-electron chi connectivity index (χ0n) is 7.76. The molecular formula is C8H10N2O3S. The molecule has 76 valence electrons. The van der Waals surface area contributed by atoms with Crippen molar-refractivity contribution < 1.29 is 14.7 Å². The number of thiol groups is 1. The molecule has 0 fully saturated rings. The van der Waals surface area contributed by atoms with Crippen LogP contribution in [0.2, 0.25) is 0 Å². The Kier molecular flexibility index (Phi) is 2.95. The lowest BCUT2D eigenvalue weighted by molar-refractivity contribution is 0.0693. The van der Waals surface area contributed by atoms with Gasteiger partial charge in [0.05, 0.1) is 6.20 Å². The first kappa shape index (κ1) is 10.8. The maximum Gasteiger partial charge on any atom is 0.339 e. The number of carboxylic acids is 1. The van der Waals surface area contributed by atoms with E-state index in [1.54, 1.807) is 13.8 Å². The van der Waals surface area contributed by atoms with Crippen LogP contribution >= 0.6 is 12.6 Å². The van der Waals surface area contributed by atoms with Crippen molar-refractivity contribution in [3.8, 4) is 0 Å². The number of carbonyl (C=O) groups excluding carboxylic acids is 1. The van der Waals surface area contributed by atoms with Crippen molar-refractivity contribution in [2.24, 2.45) is 0 Å². The summed E-state index contributed by atoms with van der Waals surface area (Å²) < 4.78 is 1.35. The maximum absolute atomic E-state index is 11.1. The summed E-state index contributed by atoms with van der Waals surface area (Å²) in [4.78, 5) is 21.8. The fourth-order valence-corrected chi connectivity index (χ4v) is 1.35. The van der Waals surface area contributed by atoms with Gasteiger partial charge in [-0.3, -0.25) is 9.48 Å². The molecule has 0 unspecified atom stereocenters. The SMILES string of the molecule is CC(C)n1ncc(C(=O)O)c1C(=O)S. The quantitative estimate of drug-likeness (QED) is 0.742. The van der Waals surface area contributed by atoms with Crippen LogP contribution in [0.1, 0.15) is 40.7 Å². The second-order valence-corrected chi connectivity index (χ2v) is 3.46. The van der Waals surface area contributed by atoms with Gasteiger partial charge in [0.25, 0.3) is 0 Å². The van der Waals surface area contributed by atoms with Crippen molar-refractivity contribution in [3.05, 3.63) is 17.5 Å². The van der Waals surface area contributed by atoms with Crippen LogP contribution in [-0.2, 0) is 0 Å². The van der Waals surface area contributed by atoms with Gasteiger partial charge in [0, 0.05) is 6.04 Å². The highest BCUT2D eigenvalue weighted by Crippen LogP contribution is 2.15. The number of aromatic carboxylic acids is 1. The summed E-state index contributed by atoms with van der Waals surface area (Å²) in [5.74, 6) is -1.17. The minimum absolute atomic E-state index is 0.0239. The third-order valence-corrected chi connectivity index (χ3v) is 1.93. The van der Waals surface area contributed by atoms with Gasteiger partial charge in [-0.15, -0.1) is 0 Å². The molecule has 0 aliphatic rings. The van der Waals surface area contributed by atoms with Gasteiger partial charge in [0.15, 0.2) is 0 Å². The first-order chi connectivity index (χ1) is 6.45. The van der Waals surface area contributed by atoms with E-state index in [4.69, 9.17) is 5.11 Å². The van der Waals surface area contributed by atoms with Gasteiger partial charge in [-0.25, -0.2) is 4.79 Å². The standard InChI is InChI=1S/C8H10N2O3S/c1-4(2)10-6(8(13)14)5(3-9-10)7(11)12/h3-4H,1-2H3,(H,11,12)(H,13,14). The van der Waals surface area contributed by atoms with Crippen molar-refractivity contribution in [1.29, 1.82) is 0 Å². The van der Waals surface area contributed by atoms with Crippen molar-refractivity contribution in [2.75, 3.05) is 0 Å². The Morgan fingerprint density at radius 3 is 2.50 bits per heavy atom. The van der Waals surface area contributed by atoms with Crippen LogP contribution in [0.5, 0.6) is 0 Å². The molecule has 0 aliphatic heterocycles. The minimum Gasteiger partial charge on any atom is -0.478 e. The Labute approximate surface area is 86.1 Å². The number of carboxylic acid groups (broad SMARTS) is 1. The molecular weight excluding hydrogens is 204 g/mol. The minimum atomic E-state index is -1.17. The highest BCUT2D eigenvalue weighted by Gasteiger charge is 2.21. The summed E-state index contributed by atoms with van der Waals surface area (Å²) in [7, 11) is 0. The Bertz CT molecular complexity index is 384. The van der Waals surface area contributed by atoms with Crippen molar-refractivity contribution >= 4 is 23.7 Å². The summed E-state index contributed by atoms with van der Waals surface area (Å²) in [5.41, 5.74) is -0.0884. The highest BCUT2D eigenvalue weighted by atomic mass is 32.1. The van der Waals surface area contributed by atoms with E-state index in [2.05, 4.69) is 17.7 Å². The molecule has 0 saturated heterocycles. The highest BCUT2D eigenvalue weighted by molar-refractivity contribution is 7.97. The van der Waals surface area contributed by atoms with Gasteiger partial charge in [-0.1, -0.05) is 12.6 Å². The molecule has 5 nitrogen and oxygen atoms in total. The molecule has 0 saturated carbocycles. The fraction of sp³-hybridized carbons (Fsp3) is 0.375. The van der Waals surface area contributed by atoms with Crippen LogP contribution in [0.15, 0.2) is 6.20 Å². The van der Waals surface area contributed by atoms with Gasteiger partial charge in [0.1, 0.15) is 11.3 Å². The molecule has 6 heteroatoms. The molecule has 1 aromatic heterocycles. The number of hydrogen-bond acceptors (Lipinski definition) is 3. The normalized spacial score (nSPS) is 10.6. The molecule has 1 heterocycles. The summed E-state index contributed by atoms with van der Waals surface area (Å²) >= 11 is 3.62. The van der Waals surface area contributed by atoms with Crippen molar-refractivity contribution in [1.82, 2.24) is 9.78 Å². The van der Waals surface area contributed by atoms with E-state index in [0.29, 0.717) is 0 Å². The third-order valence-electron chi connectivity index (χ3n) is 1.72. The Balaban J connectivity index is 3.35. The van der Waals surface area contributed by atoms with E-state index in [1.165, 1.54) is 4.68 Å². The van der Waals surface area contributed by atoms with E-state index in [1.807, 2.05) is 0 Å². The lowest BCUT2D eigenvalue weighted by Gasteiger charge is -2.08. The molecule has 0 bridgehead atoms. The van der Waals surface area contributed by atoms with Gasteiger partial charge in [-0.05, 0) is 13.8 Å². The van der Waals surface area contributed by atoms with E-state index >= 15 is 0 Å². The number of rotatable bonds is 3. The average Bonchev–Trinajstić information content (AvgIpc) is 2.46. The summed E-state index contributed by atoms with van der Waals surface area (Å²) in [5, 5.41) is 12.0. The van der Waals surface area contributed by atoms with E-state index in [9.17, 15) is 9.59 Å². The zero-order chi connectivity index (χ0) is 10.9. The summed E-state index contributed by atoms with van der Waals surface area (Å²) in [6.45, 7) is 3.61. The monoisotopic (exact) mass is 214 g/mol. The Hall–Kier alpha value is -1.30. The first-order valence-electron chi connectivity index (χ1n) is 3.99. The van der Waals surface area contributed by atoms with Gasteiger partial charge in [0.2, 0.25) is 5.12 Å². The molecule has 0 aromatic carbocycles. The average molecular weight is 214 g/mol. The largest absolute Gasteiger partial charge is 0.478 e. The lowest BCUT2D eigenvalue weighted by atomic mass is 10.2. The Morgan fingerprint density at radius 1 is 1.57 bits per heavy atom. The second-order valence-electron chi connectivity index (χ2n) is 3.06. The fourth-order valence-electron chi connectivity index (χ4n) is 1.12. The van der Waals surface area contributed by atoms with Crippen LogP contribution in [-0.4, -0.2) is 26.0 Å². The number of nitrogens with zero attached hydrogens (tertiary/aromatic N) is 2. The maximum atomic E-state index is 11.1. The van der Waals surface area contributed by atoms with Gasteiger partial charge >= 0.3 is 5.97 Å². The predicted molar refractivity (Wildman–Crippen MR) is 52.9 cm³/mol. The number of carbonyl (C=O) groups is 2. The summed E-state index contributed by atoms with van der Waals surface area (Å²) in [6.07, 6.45) is 1.16. The molecule has 0 spiro atoms. The molecule has 14 heavy (non-hydrogen) atoms. The van der Waals surface area contributed by atoms with E-state index < -0.39 is 11.1 Å². The topological polar surface area (TPSA) is 72.2 Å². The smallest absolute Gasteiger partial charge is 0.339 e. The van der Waals surface area contributed by atoms with Gasteiger partial charge in [-0.2, -0.15) is 5.10 Å². The van der Waals surface area contributed by atoms with E-state index in [-0.39, 0.29) is 17.3 Å². The van der Waals surface area contributed by atoms with Crippen molar-refractivity contribution in [2.45, 2.75) is 19.9 Å². The molecule has 1 aromatic rings. The second kappa shape index (κ2) is 3.83. The van der Waals surface area contributed by atoms with Crippen LogP contribution in [0.4, 0.5) is 0 Å². The molecule has 1 N–H and O–H groups in total. The van der Waals surface area contributed by atoms with Crippen LogP contribution in [0, 0.1) is 0 Å². The van der Waals surface area contributed by atoms with Crippen molar-refractivity contribution in [3.63, 3.8) is 0 Å². The predicted octanol–water partition coefficient (Wildman–Crippen LogP) is 1.23. The third kappa shape index (κ3) is 1.79. The lowest BCUT2D eigenvalue weighted by Crippen LogP contribution is -2.12. The van der Waals surface area contributed by atoms with Gasteiger partial charge < -0.3 is 5.11 Å². The number of aromatic nitrogens is 2. The number of hydrogen-bond donors (Lipinski definition) is 2. The molecule has 0 atom stereocenters. The molecule has 0 amide bonds.